The van der Waals surface area contributed by atoms with Crippen LogP contribution in [0.4, 0.5) is 9.18 Å². The van der Waals surface area contributed by atoms with Crippen molar-refractivity contribution in [1.82, 2.24) is 4.90 Å². The first-order valence-electron chi connectivity index (χ1n) is 8.50. The first-order valence-corrected chi connectivity index (χ1v) is 9.70. The lowest BCUT2D eigenvalue weighted by molar-refractivity contribution is -0.139. The van der Waals surface area contributed by atoms with E-state index in [4.69, 9.17) is 26.2 Å². The molecule has 2 aromatic carbocycles. The van der Waals surface area contributed by atoms with Gasteiger partial charge in [0.1, 0.15) is 5.82 Å². The summed E-state index contributed by atoms with van der Waals surface area (Å²) in [6, 6.07) is 8.50. The van der Waals surface area contributed by atoms with Crippen molar-refractivity contribution in [2.75, 3.05) is 13.7 Å². The summed E-state index contributed by atoms with van der Waals surface area (Å²) in [7, 11) is 1.36. The monoisotopic (exact) mass is 451 g/mol. The number of benzene rings is 2. The van der Waals surface area contributed by atoms with Crippen LogP contribution in [0.15, 0.2) is 41.3 Å². The predicted molar refractivity (Wildman–Crippen MR) is 109 cm³/mol. The van der Waals surface area contributed by atoms with Crippen LogP contribution in [-0.4, -0.2) is 40.8 Å². The van der Waals surface area contributed by atoms with E-state index in [1.165, 1.54) is 49.6 Å². The number of hydrogen-bond acceptors (Lipinski definition) is 6. The maximum atomic E-state index is 13.0. The molecule has 1 aliphatic heterocycles. The number of nitrogens with zero attached hydrogens (tertiary/aromatic N) is 1. The van der Waals surface area contributed by atoms with E-state index in [0.717, 1.165) is 16.7 Å². The Kier molecular flexibility index (Phi) is 6.63. The molecule has 1 fully saturated rings. The van der Waals surface area contributed by atoms with Gasteiger partial charge in [-0.15, -0.1) is 0 Å². The fraction of sp³-hybridized carbons (Fsp3) is 0.150. The van der Waals surface area contributed by atoms with Crippen LogP contribution in [0.25, 0.3) is 6.08 Å². The zero-order valence-corrected chi connectivity index (χ0v) is 17.1. The Balaban J connectivity index is 1.83. The number of amides is 2. The number of aliphatic carboxylic acids is 1. The Morgan fingerprint density at radius 2 is 1.97 bits per heavy atom. The van der Waals surface area contributed by atoms with Crippen molar-refractivity contribution in [3.63, 3.8) is 0 Å². The minimum atomic E-state index is -1.17. The standard InChI is InChI=1S/C20H15ClFNO6S/c1-28-15-7-12(6-14(21)18(15)29-10-17(24)25)8-16-19(26)23(20(27)30-16)9-11-2-4-13(22)5-3-11/h2-8H,9-10H2,1H3,(H,24,25)/b16-8+. The van der Waals surface area contributed by atoms with Crippen molar-refractivity contribution in [2.24, 2.45) is 0 Å². The number of methoxy groups -OCH3 is 1. The molecule has 0 atom stereocenters. The zero-order chi connectivity index (χ0) is 21.8. The van der Waals surface area contributed by atoms with Gasteiger partial charge >= 0.3 is 5.97 Å². The number of carbonyl (C=O) groups is 3. The van der Waals surface area contributed by atoms with Crippen molar-refractivity contribution in [3.05, 3.63) is 63.3 Å². The van der Waals surface area contributed by atoms with Gasteiger partial charge in [0.25, 0.3) is 11.1 Å². The van der Waals surface area contributed by atoms with Crippen LogP contribution in [0.1, 0.15) is 11.1 Å². The molecule has 0 aliphatic carbocycles. The number of rotatable bonds is 7. The summed E-state index contributed by atoms with van der Waals surface area (Å²) < 4.78 is 23.4. The van der Waals surface area contributed by atoms with Crippen LogP contribution < -0.4 is 9.47 Å². The number of ether oxygens (including phenoxy) is 2. The van der Waals surface area contributed by atoms with Gasteiger partial charge in [-0.05, 0) is 53.2 Å². The summed E-state index contributed by atoms with van der Waals surface area (Å²) in [6.07, 6.45) is 1.48. The average Bonchev–Trinajstić information content (AvgIpc) is 2.95. The number of hydrogen-bond donors (Lipinski definition) is 1. The molecule has 0 bridgehead atoms. The van der Waals surface area contributed by atoms with Gasteiger partial charge in [-0.2, -0.15) is 0 Å². The molecule has 10 heteroatoms. The van der Waals surface area contributed by atoms with Crippen LogP contribution in [0.2, 0.25) is 5.02 Å². The van der Waals surface area contributed by atoms with E-state index >= 15 is 0 Å². The highest BCUT2D eigenvalue weighted by Gasteiger charge is 2.35. The summed E-state index contributed by atoms with van der Waals surface area (Å²) in [5.41, 5.74) is 1.08. The minimum Gasteiger partial charge on any atom is -0.493 e. The molecular weight excluding hydrogens is 437 g/mol. The first-order chi connectivity index (χ1) is 14.3. The highest BCUT2D eigenvalue weighted by molar-refractivity contribution is 8.18. The molecule has 1 aliphatic rings. The number of carboxylic acid groups (broad SMARTS) is 1. The Morgan fingerprint density at radius 1 is 1.27 bits per heavy atom. The van der Waals surface area contributed by atoms with Gasteiger partial charge < -0.3 is 14.6 Å². The normalized spacial score (nSPS) is 15.0. The Labute approximate surface area is 180 Å². The van der Waals surface area contributed by atoms with E-state index in [-0.39, 0.29) is 28.0 Å². The summed E-state index contributed by atoms with van der Waals surface area (Å²) >= 11 is 6.94. The molecule has 0 radical (unpaired) electrons. The van der Waals surface area contributed by atoms with Gasteiger partial charge in [0.2, 0.25) is 0 Å². The van der Waals surface area contributed by atoms with Gasteiger partial charge in [0.05, 0.1) is 23.6 Å². The van der Waals surface area contributed by atoms with Crippen LogP contribution in [0.3, 0.4) is 0 Å². The first kappa shape index (κ1) is 21.7. The molecule has 7 nitrogen and oxygen atoms in total. The average molecular weight is 452 g/mol. The maximum Gasteiger partial charge on any atom is 0.341 e. The molecule has 3 rings (SSSR count). The van der Waals surface area contributed by atoms with Gasteiger partial charge in [-0.1, -0.05) is 23.7 Å². The number of carboxylic acids is 1. The molecule has 0 spiro atoms. The highest BCUT2D eigenvalue weighted by Crippen LogP contribution is 2.39. The molecule has 1 N–H and O–H groups in total. The van der Waals surface area contributed by atoms with Crippen molar-refractivity contribution in [3.8, 4) is 11.5 Å². The van der Waals surface area contributed by atoms with E-state index in [1.807, 2.05) is 0 Å². The third kappa shape index (κ3) is 4.92. The second-order valence-electron chi connectivity index (χ2n) is 6.11. The lowest BCUT2D eigenvalue weighted by atomic mass is 10.1. The van der Waals surface area contributed by atoms with Crippen LogP contribution >= 0.6 is 23.4 Å². The SMILES string of the molecule is COc1cc(/C=C2/SC(=O)N(Cc3ccc(F)cc3)C2=O)cc(Cl)c1OCC(=O)O. The van der Waals surface area contributed by atoms with Crippen LogP contribution in [-0.2, 0) is 16.1 Å². The fourth-order valence-corrected chi connectivity index (χ4v) is 3.77. The van der Waals surface area contributed by atoms with Gasteiger partial charge in [-0.25, -0.2) is 9.18 Å². The second-order valence-corrected chi connectivity index (χ2v) is 7.51. The van der Waals surface area contributed by atoms with E-state index in [1.54, 1.807) is 0 Å². The lowest BCUT2D eigenvalue weighted by Gasteiger charge is -2.13. The van der Waals surface area contributed by atoms with Crippen LogP contribution in [0, 0.1) is 5.82 Å². The van der Waals surface area contributed by atoms with E-state index in [9.17, 15) is 18.8 Å². The van der Waals surface area contributed by atoms with E-state index < -0.39 is 29.5 Å². The molecule has 0 aromatic heterocycles. The van der Waals surface area contributed by atoms with Gasteiger partial charge in [-0.3, -0.25) is 14.5 Å². The van der Waals surface area contributed by atoms with E-state index in [0.29, 0.717) is 11.1 Å². The Morgan fingerprint density at radius 3 is 2.60 bits per heavy atom. The summed E-state index contributed by atoms with van der Waals surface area (Å²) in [4.78, 5) is 36.9. The summed E-state index contributed by atoms with van der Waals surface area (Å²) in [6.45, 7) is -0.577. The fourth-order valence-electron chi connectivity index (χ4n) is 2.66. The zero-order valence-electron chi connectivity index (χ0n) is 15.6. The van der Waals surface area contributed by atoms with Gasteiger partial charge in [0, 0.05) is 0 Å². The molecule has 2 amide bonds. The smallest absolute Gasteiger partial charge is 0.341 e. The third-order valence-corrected chi connectivity index (χ3v) is 5.21. The number of carbonyl (C=O) groups excluding carboxylic acids is 2. The topological polar surface area (TPSA) is 93.1 Å². The largest absolute Gasteiger partial charge is 0.493 e. The molecule has 1 saturated heterocycles. The molecule has 2 aromatic rings. The third-order valence-electron chi connectivity index (χ3n) is 4.02. The molecule has 156 valence electrons. The van der Waals surface area contributed by atoms with Crippen molar-refractivity contribution < 1.29 is 33.4 Å². The van der Waals surface area contributed by atoms with Crippen molar-refractivity contribution in [2.45, 2.75) is 6.54 Å². The highest BCUT2D eigenvalue weighted by atomic mass is 35.5. The minimum absolute atomic E-state index is 0.0222. The van der Waals surface area contributed by atoms with E-state index in [2.05, 4.69) is 0 Å². The lowest BCUT2D eigenvalue weighted by Crippen LogP contribution is -2.27. The van der Waals surface area contributed by atoms with Crippen molar-refractivity contribution in [1.29, 1.82) is 0 Å². The predicted octanol–water partition coefficient (Wildman–Crippen LogP) is 4.19. The molecular formula is C20H15ClFNO6S. The van der Waals surface area contributed by atoms with Crippen molar-refractivity contribution >= 4 is 46.6 Å². The molecule has 30 heavy (non-hydrogen) atoms. The second kappa shape index (κ2) is 9.19. The number of imide groups is 1. The van der Waals surface area contributed by atoms with Crippen LogP contribution in [0.5, 0.6) is 11.5 Å². The number of halogens is 2. The summed E-state index contributed by atoms with van der Waals surface area (Å²) in [5, 5.41) is 8.40. The van der Waals surface area contributed by atoms with Gasteiger partial charge in [0.15, 0.2) is 18.1 Å². The summed E-state index contributed by atoms with van der Waals surface area (Å²) in [5.74, 6) is -1.83. The molecule has 0 unspecified atom stereocenters. The molecule has 1 heterocycles. The Bertz CT molecular complexity index is 1040. The number of thioether (sulfide) groups is 1. The quantitative estimate of drug-likeness (QED) is 0.631. The Hall–Kier alpha value is -3.04. The maximum absolute atomic E-state index is 13.0. The molecule has 0 saturated carbocycles.